The normalized spacial score (nSPS) is 10.9. The Hall–Kier alpha value is -1.21. The van der Waals surface area contributed by atoms with Gasteiger partial charge in [-0.15, -0.1) is 10.2 Å². The number of halogens is 2. The molecular weight excluding hydrogens is 351 g/mol. The van der Waals surface area contributed by atoms with Crippen molar-refractivity contribution in [1.29, 1.82) is 0 Å². The second-order valence-corrected chi connectivity index (χ2v) is 5.11. The van der Waals surface area contributed by atoms with Crippen molar-refractivity contribution in [3.63, 3.8) is 0 Å². The first-order valence-electron chi connectivity index (χ1n) is 4.87. The van der Waals surface area contributed by atoms with Gasteiger partial charge in [0.1, 0.15) is 0 Å². The Morgan fingerprint density at radius 2 is 2.00 bits per heavy atom. The highest BCUT2D eigenvalue weighted by Crippen LogP contribution is 2.19. The van der Waals surface area contributed by atoms with Crippen LogP contribution in [0, 0.1) is 3.57 Å². The topological polar surface area (TPSA) is 43.6 Å². The highest BCUT2D eigenvalue weighted by atomic mass is 127. The van der Waals surface area contributed by atoms with Crippen molar-refractivity contribution >= 4 is 45.1 Å². The number of hydrogen-bond donors (Lipinski definition) is 0. The van der Waals surface area contributed by atoms with Gasteiger partial charge in [-0.25, -0.2) is 4.68 Å². The molecule has 0 amide bonds. The van der Waals surface area contributed by atoms with E-state index in [-0.39, 0.29) is 0 Å². The fourth-order valence-electron chi connectivity index (χ4n) is 1.61. The molecule has 84 valence electrons. The minimum Gasteiger partial charge on any atom is -0.213 e. The van der Waals surface area contributed by atoms with Crippen molar-refractivity contribution in [2.75, 3.05) is 0 Å². The van der Waals surface area contributed by atoms with Crippen molar-refractivity contribution in [2.24, 2.45) is 0 Å². The molecule has 0 bridgehead atoms. The van der Waals surface area contributed by atoms with E-state index in [4.69, 9.17) is 11.6 Å². The molecule has 0 aliphatic heterocycles. The fourth-order valence-corrected chi connectivity index (χ4v) is 2.22. The molecule has 2 aromatic heterocycles. The number of hydrogen-bond acceptors (Lipinski definition) is 3. The molecule has 3 aromatic rings. The summed E-state index contributed by atoms with van der Waals surface area (Å²) in [4.78, 5) is 0. The van der Waals surface area contributed by atoms with Gasteiger partial charge in [-0.3, -0.25) is 0 Å². The Bertz CT molecular complexity index is 678. The van der Waals surface area contributed by atoms with Crippen LogP contribution in [0.1, 0.15) is 0 Å². The molecule has 0 aliphatic rings. The maximum absolute atomic E-state index is 5.71. The first-order chi connectivity index (χ1) is 8.24. The van der Waals surface area contributed by atoms with E-state index >= 15 is 0 Å². The molecule has 0 saturated heterocycles. The first-order valence-corrected chi connectivity index (χ1v) is 6.32. The summed E-state index contributed by atoms with van der Waals surface area (Å²) in [6.07, 6.45) is 1.81. The largest absolute Gasteiger partial charge is 0.213 e. The average molecular weight is 357 g/mol. The molecule has 0 atom stereocenters. The van der Waals surface area contributed by atoms with Gasteiger partial charge in [-0.1, -0.05) is 11.6 Å². The van der Waals surface area contributed by atoms with Gasteiger partial charge in [0.25, 0.3) is 0 Å². The highest BCUT2D eigenvalue weighted by Gasteiger charge is 2.06. The number of benzene rings is 1. The Morgan fingerprint density at radius 1 is 1.12 bits per heavy atom. The molecule has 3 rings (SSSR count). The third-order valence-corrected chi connectivity index (χ3v) is 3.24. The summed E-state index contributed by atoms with van der Waals surface area (Å²) in [5.41, 5.74) is 1.00. The van der Waals surface area contributed by atoms with Gasteiger partial charge in [-0.05, 0) is 52.9 Å². The van der Waals surface area contributed by atoms with E-state index in [1.54, 1.807) is 16.8 Å². The van der Waals surface area contributed by atoms with E-state index in [9.17, 15) is 0 Å². The summed E-state index contributed by atoms with van der Waals surface area (Å²) < 4.78 is 2.92. The summed E-state index contributed by atoms with van der Waals surface area (Å²) >= 11 is 7.98. The zero-order chi connectivity index (χ0) is 11.8. The molecule has 4 nitrogen and oxygen atoms in total. The van der Waals surface area contributed by atoms with Crippen LogP contribution >= 0.6 is 34.2 Å². The van der Waals surface area contributed by atoms with Gasteiger partial charge < -0.3 is 0 Å². The van der Waals surface area contributed by atoms with Crippen LogP contribution in [-0.2, 0) is 0 Å². The van der Waals surface area contributed by atoms with E-state index < -0.39 is 0 Å². The summed E-state index contributed by atoms with van der Waals surface area (Å²) in [5.74, 6) is 0.658. The van der Waals surface area contributed by atoms with Crippen LogP contribution in [0.25, 0.3) is 16.7 Å². The standard InChI is InChI=1S/C11H6ClIN4/c12-10-3-4-11(16-15-10)17-9-2-1-8(13)5-7(9)6-14-17/h1-6H. The van der Waals surface area contributed by atoms with Crippen LogP contribution in [0.3, 0.4) is 0 Å². The van der Waals surface area contributed by atoms with Gasteiger partial charge in [0, 0.05) is 8.96 Å². The minimum absolute atomic E-state index is 0.375. The predicted molar refractivity (Wildman–Crippen MR) is 74.4 cm³/mol. The Labute approximate surface area is 116 Å². The van der Waals surface area contributed by atoms with Gasteiger partial charge in [0.2, 0.25) is 0 Å². The summed E-state index contributed by atoms with van der Waals surface area (Å²) in [6.45, 7) is 0. The van der Waals surface area contributed by atoms with E-state index in [1.165, 1.54) is 3.57 Å². The van der Waals surface area contributed by atoms with E-state index in [2.05, 4.69) is 44.0 Å². The zero-order valence-corrected chi connectivity index (χ0v) is 11.4. The molecular formula is C11H6ClIN4. The minimum atomic E-state index is 0.375. The van der Waals surface area contributed by atoms with Gasteiger partial charge in [0.15, 0.2) is 11.0 Å². The van der Waals surface area contributed by atoms with Gasteiger partial charge >= 0.3 is 0 Å². The molecule has 0 N–H and O–H groups in total. The second kappa shape index (κ2) is 4.23. The third kappa shape index (κ3) is 2.00. The molecule has 0 fully saturated rings. The van der Waals surface area contributed by atoms with Crippen LogP contribution in [0.2, 0.25) is 5.15 Å². The van der Waals surface area contributed by atoms with Crippen LogP contribution in [0.15, 0.2) is 36.5 Å². The van der Waals surface area contributed by atoms with Crippen LogP contribution in [0.4, 0.5) is 0 Å². The van der Waals surface area contributed by atoms with Crippen LogP contribution < -0.4 is 0 Å². The monoisotopic (exact) mass is 356 g/mol. The Kier molecular flexibility index (Phi) is 2.71. The van der Waals surface area contributed by atoms with Crippen LogP contribution in [0.5, 0.6) is 0 Å². The molecule has 1 aromatic carbocycles. The fraction of sp³-hybridized carbons (Fsp3) is 0. The summed E-state index contributed by atoms with van der Waals surface area (Å²) in [5, 5.41) is 13.6. The van der Waals surface area contributed by atoms with Crippen molar-refractivity contribution < 1.29 is 0 Å². The highest BCUT2D eigenvalue weighted by molar-refractivity contribution is 14.1. The van der Waals surface area contributed by atoms with E-state index in [0.29, 0.717) is 11.0 Å². The number of fused-ring (bicyclic) bond motifs is 1. The van der Waals surface area contributed by atoms with Gasteiger partial charge in [-0.2, -0.15) is 5.10 Å². The molecule has 6 heteroatoms. The first kappa shape index (κ1) is 10.9. The third-order valence-electron chi connectivity index (χ3n) is 2.36. The van der Waals surface area contributed by atoms with Crippen LogP contribution in [-0.4, -0.2) is 20.0 Å². The lowest BCUT2D eigenvalue weighted by molar-refractivity contribution is 0.837. The lowest BCUT2D eigenvalue weighted by atomic mass is 10.2. The lowest BCUT2D eigenvalue weighted by Crippen LogP contribution is -2.00. The quantitative estimate of drug-likeness (QED) is 0.629. The summed E-state index contributed by atoms with van der Waals surface area (Å²) in [6, 6.07) is 9.61. The maximum Gasteiger partial charge on any atom is 0.176 e. The lowest BCUT2D eigenvalue weighted by Gasteiger charge is -2.01. The SMILES string of the molecule is Clc1ccc(-n2ncc3cc(I)ccc32)nn1. The van der Waals surface area contributed by atoms with Crippen molar-refractivity contribution in [1.82, 2.24) is 20.0 Å². The van der Waals surface area contributed by atoms with Crippen molar-refractivity contribution in [3.05, 3.63) is 45.3 Å². The Balaban J connectivity index is 2.21. The van der Waals surface area contributed by atoms with Crippen molar-refractivity contribution in [3.8, 4) is 5.82 Å². The maximum atomic E-state index is 5.71. The smallest absolute Gasteiger partial charge is 0.176 e. The van der Waals surface area contributed by atoms with E-state index in [0.717, 1.165) is 10.9 Å². The molecule has 17 heavy (non-hydrogen) atoms. The number of aromatic nitrogens is 4. The molecule has 0 spiro atoms. The number of rotatable bonds is 1. The Morgan fingerprint density at radius 3 is 2.76 bits per heavy atom. The van der Waals surface area contributed by atoms with Crippen molar-refractivity contribution in [2.45, 2.75) is 0 Å². The summed E-state index contributed by atoms with van der Waals surface area (Å²) in [7, 11) is 0. The molecule has 2 heterocycles. The molecule has 0 unspecified atom stereocenters. The molecule has 0 saturated carbocycles. The second-order valence-electron chi connectivity index (χ2n) is 3.47. The average Bonchev–Trinajstić information content (AvgIpc) is 2.73. The van der Waals surface area contributed by atoms with Gasteiger partial charge in [0.05, 0.1) is 11.7 Å². The predicted octanol–water partition coefficient (Wildman–Crippen LogP) is 3.07. The van der Waals surface area contributed by atoms with E-state index in [1.807, 2.05) is 18.3 Å². The zero-order valence-electron chi connectivity index (χ0n) is 8.51. The molecule has 0 radical (unpaired) electrons. The number of nitrogens with zero attached hydrogens (tertiary/aromatic N) is 4. The molecule has 0 aliphatic carbocycles.